The zero-order valence-corrected chi connectivity index (χ0v) is 15.6. The van der Waals surface area contributed by atoms with Crippen LogP contribution in [-0.4, -0.2) is 40.1 Å². The molecule has 0 radical (unpaired) electrons. The number of thiophene rings is 1. The molecule has 0 bridgehead atoms. The third kappa shape index (κ3) is 4.20. The SMILES string of the molecule is COc1ccc(S(=O)(=O)NC[C@@H](c2ccsc2)N2CCCC2)cc1F. The molecule has 0 unspecified atom stereocenters. The average Bonchev–Trinajstić information content (AvgIpc) is 3.29. The third-order valence-electron chi connectivity index (χ3n) is 4.41. The molecule has 1 aliphatic heterocycles. The molecule has 1 aliphatic rings. The van der Waals surface area contributed by atoms with E-state index in [0.29, 0.717) is 0 Å². The number of nitrogens with one attached hydrogen (secondary N) is 1. The van der Waals surface area contributed by atoms with Gasteiger partial charge in [0.2, 0.25) is 10.0 Å². The molecule has 3 rings (SSSR count). The molecule has 25 heavy (non-hydrogen) atoms. The van der Waals surface area contributed by atoms with Crippen molar-refractivity contribution in [3.05, 3.63) is 46.4 Å². The molecule has 1 aromatic heterocycles. The summed E-state index contributed by atoms with van der Waals surface area (Å²) in [6, 6.07) is 5.66. The summed E-state index contributed by atoms with van der Waals surface area (Å²) in [6.07, 6.45) is 2.24. The van der Waals surface area contributed by atoms with E-state index in [-0.39, 0.29) is 23.2 Å². The topological polar surface area (TPSA) is 58.6 Å². The van der Waals surface area contributed by atoms with Gasteiger partial charge in [0.15, 0.2) is 11.6 Å². The number of hydrogen-bond donors (Lipinski definition) is 1. The molecule has 1 aromatic carbocycles. The standard InChI is InChI=1S/C17H21FN2O3S2/c1-23-17-5-4-14(10-15(17)18)25(21,22)19-11-16(13-6-9-24-12-13)20-7-2-3-8-20/h4-6,9-10,12,16,19H,2-3,7-8,11H2,1H3/t16-/m0/s1. The Morgan fingerprint density at radius 1 is 1.32 bits per heavy atom. The lowest BCUT2D eigenvalue weighted by Crippen LogP contribution is -2.36. The zero-order valence-electron chi connectivity index (χ0n) is 13.9. The predicted octanol–water partition coefficient (Wildman–Crippen LogP) is 3.01. The lowest BCUT2D eigenvalue weighted by molar-refractivity contribution is 0.247. The van der Waals surface area contributed by atoms with Gasteiger partial charge < -0.3 is 4.74 Å². The number of nitrogens with zero attached hydrogens (tertiary/aromatic N) is 1. The minimum Gasteiger partial charge on any atom is -0.494 e. The Morgan fingerprint density at radius 2 is 2.08 bits per heavy atom. The largest absolute Gasteiger partial charge is 0.494 e. The first-order chi connectivity index (χ1) is 12.0. The molecule has 1 atom stereocenters. The van der Waals surface area contributed by atoms with Crippen molar-refractivity contribution < 1.29 is 17.5 Å². The monoisotopic (exact) mass is 384 g/mol. The van der Waals surface area contributed by atoms with Crippen molar-refractivity contribution in [2.45, 2.75) is 23.8 Å². The Labute approximate surface area is 151 Å². The van der Waals surface area contributed by atoms with Crippen LogP contribution in [0.25, 0.3) is 0 Å². The highest BCUT2D eigenvalue weighted by Crippen LogP contribution is 2.27. The molecule has 1 fully saturated rings. The Balaban J connectivity index is 1.76. The van der Waals surface area contributed by atoms with Crippen LogP contribution in [0, 0.1) is 5.82 Å². The average molecular weight is 384 g/mol. The summed E-state index contributed by atoms with van der Waals surface area (Å²) in [5, 5.41) is 4.04. The predicted molar refractivity (Wildman–Crippen MR) is 96.0 cm³/mol. The van der Waals surface area contributed by atoms with E-state index >= 15 is 0 Å². The molecular formula is C17H21FN2O3S2. The molecular weight excluding hydrogens is 363 g/mol. The Bertz CT molecular complexity index is 803. The number of rotatable bonds is 7. The lowest BCUT2D eigenvalue weighted by atomic mass is 10.1. The lowest BCUT2D eigenvalue weighted by Gasteiger charge is -2.27. The molecule has 0 spiro atoms. The minimum absolute atomic E-state index is 0.00776. The third-order valence-corrected chi connectivity index (χ3v) is 6.53. The molecule has 136 valence electrons. The first kappa shape index (κ1) is 18.3. The first-order valence-corrected chi connectivity index (χ1v) is 10.5. The Morgan fingerprint density at radius 3 is 2.68 bits per heavy atom. The highest BCUT2D eigenvalue weighted by molar-refractivity contribution is 7.89. The summed E-state index contributed by atoms with van der Waals surface area (Å²) >= 11 is 1.60. The number of benzene rings is 1. The summed E-state index contributed by atoms with van der Waals surface area (Å²) < 4.78 is 46.4. The fourth-order valence-corrected chi connectivity index (χ4v) is 4.82. The van der Waals surface area contributed by atoms with Crippen LogP contribution in [0.15, 0.2) is 39.9 Å². The Kier molecular flexibility index (Phi) is 5.73. The molecule has 1 saturated heterocycles. The number of hydrogen-bond acceptors (Lipinski definition) is 5. The van der Waals surface area contributed by atoms with E-state index in [1.54, 1.807) is 11.3 Å². The van der Waals surface area contributed by atoms with Crippen molar-refractivity contribution >= 4 is 21.4 Å². The highest BCUT2D eigenvalue weighted by Gasteiger charge is 2.26. The molecule has 0 amide bonds. The number of likely N-dealkylation sites (tertiary alicyclic amines) is 1. The Hall–Kier alpha value is -1.48. The van der Waals surface area contributed by atoms with Gasteiger partial charge in [0, 0.05) is 12.6 Å². The maximum absolute atomic E-state index is 13.8. The van der Waals surface area contributed by atoms with Gasteiger partial charge in [-0.05, 0) is 66.5 Å². The van der Waals surface area contributed by atoms with Crippen molar-refractivity contribution in [1.82, 2.24) is 9.62 Å². The van der Waals surface area contributed by atoms with E-state index in [4.69, 9.17) is 4.74 Å². The van der Waals surface area contributed by atoms with Crippen LogP contribution in [0.5, 0.6) is 5.75 Å². The number of ether oxygens (including phenoxy) is 1. The molecule has 1 N–H and O–H groups in total. The van der Waals surface area contributed by atoms with Gasteiger partial charge in [0.05, 0.1) is 12.0 Å². The molecule has 5 nitrogen and oxygen atoms in total. The van der Waals surface area contributed by atoms with Crippen molar-refractivity contribution in [2.24, 2.45) is 0 Å². The first-order valence-electron chi connectivity index (χ1n) is 8.10. The van der Waals surface area contributed by atoms with Gasteiger partial charge in [-0.15, -0.1) is 0 Å². The molecule has 2 aromatic rings. The van der Waals surface area contributed by atoms with Gasteiger partial charge in [-0.3, -0.25) is 4.90 Å². The fourth-order valence-electron chi connectivity index (χ4n) is 3.06. The van der Waals surface area contributed by atoms with E-state index in [1.165, 1.54) is 19.2 Å². The number of methoxy groups -OCH3 is 1. The van der Waals surface area contributed by atoms with E-state index < -0.39 is 15.8 Å². The van der Waals surface area contributed by atoms with Crippen molar-refractivity contribution in [2.75, 3.05) is 26.7 Å². The zero-order chi connectivity index (χ0) is 17.9. The normalized spacial score (nSPS) is 16.9. The molecule has 2 heterocycles. The summed E-state index contributed by atoms with van der Waals surface area (Å²) in [5.41, 5.74) is 1.11. The van der Waals surface area contributed by atoms with Crippen LogP contribution < -0.4 is 9.46 Å². The van der Waals surface area contributed by atoms with Crippen LogP contribution in [0.3, 0.4) is 0 Å². The van der Waals surface area contributed by atoms with Crippen LogP contribution in [-0.2, 0) is 10.0 Å². The maximum atomic E-state index is 13.8. The molecule has 0 saturated carbocycles. The molecule has 8 heteroatoms. The second kappa shape index (κ2) is 7.82. The number of sulfonamides is 1. The van der Waals surface area contributed by atoms with Gasteiger partial charge >= 0.3 is 0 Å². The quantitative estimate of drug-likeness (QED) is 0.797. The summed E-state index contributed by atoms with van der Waals surface area (Å²) in [7, 11) is -2.45. The van der Waals surface area contributed by atoms with Gasteiger partial charge in [-0.2, -0.15) is 11.3 Å². The maximum Gasteiger partial charge on any atom is 0.240 e. The van der Waals surface area contributed by atoms with Crippen molar-refractivity contribution in [1.29, 1.82) is 0 Å². The van der Waals surface area contributed by atoms with Gasteiger partial charge in [0.25, 0.3) is 0 Å². The summed E-state index contributed by atoms with van der Waals surface area (Å²) in [6.45, 7) is 2.17. The molecule has 0 aliphatic carbocycles. The minimum atomic E-state index is -3.79. The van der Waals surface area contributed by atoms with Crippen LogP contribution in [0.1, 0.15) is 24.4 Å². The van der Waals surface area contributed by atoms with E-state index in [1.807, 2.05) is 16.8 Å². The second-order valence-corrected chi connectivity index (χ2v) is 8.51. The second-order valence-electron chi connectivity index (χ2n) is 5.96. The summed E-state index contributed by atoms with van der Waals surface area (Å²) in [5.74, 6) is -0.675. The van der Waals surface area contributed by atoms with Crippen LogP contribution in [0.4, 0.5) is 4.39 Å². The van der Waals surface area contributed by atoms with Crippen molar-refractivity contribution in [3.8, 4) is 5.75 Å². The van der Waals surface area contributed by atoms with E-state index in [2.05, 4.69) is 9.62 Å². The fraction of sp³-hybridized carbons (Fsp3) is 0.412. The number of halogens is 1. The smallest absolute Gasteiger partial charge is 0.240 e. The van der Waals surface area contributed by atoms with Crippen molar-refractivity contribution in [3.63, 3.8) is 0 Å². The van der Waals surface area contributed by atoms with Gasteiger partial charge in [-0.1, -0.05) is 0 Å². The van der Waals surface area contributed by atoms with Gasteiger partial charge in [0.1, 0.15) is 0 Å². The van der Waals surface area contributed by atoms with Gasteiger partial charge in [-0.25, -0.2) is 17.5 Å². The van der Waals surface area contributed by atoms with Crippen LogP contribution in [0.2, 0.25) is 0 Å². The highest BCUT2D eigenvalue weighted by atomic mass is 32.2. The van der Waals surface area contributed by atoms with E-state index in [9.17, 15) is 12.8 Å². The summed E-state index contributed by atoms with van der Waals surface area (Å²) in [4.78, 5) is 2.19. The van der Waals surface area contributed by atoms with Crippen LogP contribution >= 0.6 is 11.3 Å². The van der Waals surface area contributed by atoms with E-state index in [0.717, 1.165) is 37.6 Å².